The number of aliphatic hydroxyl groups excluding tert-OH is 2. The third kappa shape index (κ3) is 66.0. The summed E-state index contributed by atoms with van der Waals surface area (Å²) in [4.78, 5) is 36.4. The molecule has 0 saturated carbocycles. The minimum Gasteiger partial charge on any atom is -1.00 e. The van der Waals surface area contributed by atoms with Crippen molar-refractivity contribution in [3.05, 3.63) is 203 Å². The fraction of sp³-hybridized carbons (Fsp3) is 0.372. The number of aromatic nitrogens is 1. The van der Waals surface area contributed by atoms with Gasteiger partial charge in [-0.25, -0.2) is 25.7 Å². The average molecular weight is 4160 g/mol. The number of hydrogen-bond acceptors (Lipinski definition) is 26. The monoisotopic (exact) mass is 4160 g/mol. The molecule has 3 radical (unpaired) electrons. The molecule has 0 atom stereocenters. The Kier molecular flexibility index (Phi) is 121. The molecule has 1 saturated heterocycles. The standard InChI is InChI=1S/C12H14N2O3.C12H13NO3.C11H14O4.C9H11BrO2.C8H9BrO2.C8H7BrO2.C8H9ClO4S.C4H8O.CH4O.5CH4.B.ClH.I18.H3NO.2Na.2H/c1-15-7-8-3-4-9(16-2)5-10(8)11-6-12(13)14-17-11;1-13-7-12(14)11-6-10(16-3)5-4-9(11)8-15-2;1-13-7-8-4-5-9(14-2)6-10(8)11(12)15-3;1-11-6-7-3-4-8(12-2)5-9(7)10;2*1-11-7-3-2-6(5-10)8(9)4-7;1-12-6-4-3-5-7(13-2)8(6)14(9,10)11;1-2-4-5-3-1;1-2;;;;;;;;1-11(2)13(5)15(7)17(9)18(10)16(8)14(6)12(3)4;1-2;;;;/h3-6H,7H2,1-2H3,(H2,13,14);4-6H,7-8H2,2-3H3;4-6H,7H2,1-3H3;3-5H,6H2,1-2H3;2-4,10H,5H2,1H3;2-5H,1H3;3-5H,1-2H3;1-4H2;2H,1H3;5*1H4;;1H;;2H,1H2;;;;/q;;;;;;;;;;;;;;;;;;2*+1;2*-1. The van der Waals surface area contributed by atoms with Crippen molar-refractivity contribution in [2.75, 3.05) is 125 Å². The van der Waals surface area contributed by atoms with Gasteiger partial charge in [-0.2, -0.15) is 0 Å². The van der Waals surface area contributed by atoms with Crippen LogP contribution in [0.4, 0.5) is 5.82 Å². The first-order valence-electron chi connectivity index (χ1n) is 33.1. The van der Waals surface area contributed by atoms with Gasteiger partial charge < -0.3 is 99.7 Å². The summed E-state index contributed by atoms with van der Waals surface area (Å²) in [5, 5.41) is 26.0. The van der Waals surface area contributed by atoms with Gasteiger partial charge in [0.25, 0.3) is 15.6 Å². The number of nitrogen functional groups attached to an aromatic ring is 1. The van der Waals surface area contributed by atoms with Crippen molar-refractivity contribution >= 4 is 362 Å². The zero-order chi connectivity index (χ0) is 93.9. The van der Waals surface area contributed by atoms with Crippen molar-refractivity contribution in [3.63, 3.8) is 0 Å². The molecule has 1 fully saturated rings. The molecule has 1 aliphatic heterocycles. The summed E-state index contributed by atoms with van der Waals surface area (Å²) in [7, 11) is 19.3. The predicted molar refractivity (Wildman–Crippen MR) is 710 cm³/mol. The number of anilines is 1. The number of esters is 1. The maximum atomic E-state index is 11.7. The second-order valence-corrected chi connectivity index (χ2v) is 416. The number of nitrogens with zero attached hydrogens (tertiary/aromatic N) is 2. The van der Waals surface area contributed by atoms with Crippen molar-refractivity contribution in [1.82, 2.24) is 5.16 Å². The van der Waals surface area contributed by atoms with Gasteiger partial charge in [-0.3, -0.25) is 9.59 Å². The van der Waals surface area contributed by atoms with Gasteiger partial charge in [0.2, 0.25) is 5.78 Å². The van der Waals surface area contributed by atoms with E-state index in [4.69, 9.17) is 105 Å². The van der Waals surface area contributed by atoms with Crippen LogP contribution in [0.1, 0.15) is 112 Å². The fourth-order valence-electron chi connectivity index (χ4n) is 8.45. The molecule has 1 aliphatic rings. The summed E-state index contributed by atoms with van der Waals surface area (Å²) in [6.45, 7) is 10.4. The summed E-state index contributed by atoms with van der Waals surface area (Å²) in [5.74, 6) is 8.54. The summed E-state index contributed by atoms with van der Waals surface area (Å²) in [5.41, 5.74) is 12.6. The van der Waals surface area contributed by atoms with E-state index in [9.17, 15) is 22.8 Å². The van der Waals surface area contributed by atoms with E-state index in [1.165, 1.54) is 53.4 Å². The number of methoxy groups -OCH3 is 13. The molecule has 27 nitrogen and oxygen atoms in total. The summed E-state index contributed by atoms with van der Waals surface area (Å²) < 4.78 is 99.9. The Labute approximate surface area is 994 Å². The Morgan fingerprint density at radius 2 is 0.848 bits per heavy atom. The molecule has 0 unspecified atom stereocenters. The van der Waals surface area contributed by atoms with E-state index in [1.54, 1.807) is 131 Å². The molecule has 8 aromatic rings. The smallest absolute Gasteiger partial charge is 1.00 e. The largest absolute Gasteiger partial charge is 1.00 e. The SMILES string of the molecule is C.C.C.C.C.C1CCOC1.CO.COCc1ccc(OC)cc1-c1cc(N)no1.COCc1ccc(OC)cc1Br.COCc1ccc(OC)cc1C(=O)OC.COc1ccc(C=O)c(Br)c1.COc1ccc(CO)c(Br)c1.COc1cccc(OC)c1S(=O)(=O)Cl.Cl.II(I)I(I)I(I)I(I)I(I)I(I)I(I)I(I)I.NO.[B].[C-]#[N+]CC(=O)c1cc(OC)ccc1COC.[H-].[H-].[Na+].[Na+]. The minimum atomic E-state index is -3.87. The molecule has 7 N–H and O–H groups in total. The second-order valence-electron chi connectivity index (χ2n) is 21.3. The van der Waals surface area contributed by atoms with Crippen LogP contribution in [-0.4, -0.2) is 175 Å². The maximum Gasteiger partial charge on any atom is 1.00 e. The van der Waals surface area contributed by atoms with Crippen LogP contribution in [0.5, 0.6) is 46.0 Å². The van der Waals surface area contributed by atoms with Crippen LogP contribution in [-0.2, 0) is 70.5 Å². The van der Waals surface area contributed by atoms with Gasteiger partial charge in [-0.05, 0) is 148 Å². The number of carbonyl (C=O) groups excluding carboxylic acids is 3. The van der Waals surface area contributed by atoms with Gasteiger partial charge in [-0.15, -0.1) is 12.4 Å². The number of nitrogens with two attached hydrogens (primary N) is 2. The third-order valence-corrected chi connectivity index (χ3v) is 1170. The van der Waals surface area contributed by atoms with Crippen molar-refractivity contribution < 1.29 is 171 Å². The average Bonchev–Trinajstić information content (AvgIpc) is 0.901. The molecule has 757 valence electrons. The molecular formula is C78H115BBr3Cl2I18N4Na2O23S. The minimum absolute atomic E-state index is 0. The molecule has 2 heterocycles. The zero-order valence-corrected chi connectivity index (χ0v) is 121. The molecular weight excluding hydrogens is 4040 g/mol. The molecule has 9 rings (SSSR count). The van der Waals surface area contributed by atoms with Gasteiger partial charge in [-0.1, -0.05) is 111 Å². The van der Waals surface area contributed by atoms with E-state index in [1.807, 2.05) is 54.6 Å². The number of benzene rings is 7. The number of Topliss-reactive ketones (excluding diaryl/α,β-unsaturated/α-hetero) is 1. The molecule has 0 aliphatic carbocycles. The number of hydrogen-bond donors (Lipinski definition) is 5. The van der Waals surface area contributed by atoms with Gasteiger partial charge in [0.15, 0.2) is 22.8 Å². The van der Waals surface area contributed by atoms with E-state index >= 15 is 0 Å². The Bertz CT molecular complexity index is 4500. The van der Waals surface area contributed by atoms with Gasteiger partial charge >= 0.3 is 314 Å². The summed E-state index contributed by atoms with van der Waals surface area (Å²) in [6, 6.07) is 38.8. The summed E-state index contributed by atoms with van der Waals surface area (Å²) >= 11 is 40.0. The number of aliphatic hydroxyl groups is 2. The van der Waals surface area contributed by atoms with E-state index < -0.39 is 24.8 Å². The number of halogens is 23. The number of carbonyl (C=O) groups is 3. The number of aldehydes is 1. The van der Waals surface area contributed by atoms with Crippen molar-refractivity contribution in [2.45, 2.75) is 87.9 Å². The van der Waals surface area contributed by atoms with Crippen LogP contribution in [0.25, 0.3) is 16.2 Å². The molecule has 0 amide bonds. The normalized spacial score (nSPS) is 10.7. The first-order valence-corrected chi connectivity index (χ1v) is 145. The van der Waals surface area contributed by atoms with Crippen LogP contribution in [0.3, 0.4) is 0 Å². The van der Waals surface area contributed by atoms with E-state index in [2.05, 4.69) is 255 Å². The Morgan fingerprint density at radius 3 is 1.16 bits per heavy atom. The van der Waals surface area contributed by atoms with Gasteiger partial charge in [0, 0.05) is 104 Å². The van der Waals surface area contributed by atoms with E-state index in [-0.39, 0.29) is 209 Å². The molecule has 0 spiro atoms. The molecule has 1 aromatic heterocycles. The van der Waals surface area contributed by atoms with Crippen LogP contribution in [0.15, 0.2) is 156 Å². The van der Waals surface area contributed by atoms with E-state index in [0.717, 1.165) is 96.4 Å². The fourth-order valence-corrected chi connectivity index (χ4v) is 2530. The van der Waals surface area contributed by atoms with Gasteiger partial charge in [0.05, 0.1) is 103 Å². The predicted octanol–water partition coefficient (Wildman–Crippen LogP) is 27.2. The zero-order valence-electron chi connectivity index (χ0n) is 72.6. The first-order chi connectivity index (χ1) is 58.6. The molecule has 132 heavy (non-hydrogen) atoms. The molecule has 0 bridgehead atoms. The number of rotatable bonds is 30. The Morgan fingerprint density at radius 1 is 0.515 bits per heavy atom. The number of ether oxygens (including phenoxy) is 14. The second kappa shape index (κ2) is 98.8. The van der Waals surface area contributed by atoms with Gasteiger partial charge in [0.1, 0.15) is 46.0 Å². The Hall–Kier alpha value is 7.06. The van der Waals surface area contributed by atoms with Crippen LogP contribution < -0.4 is 109 Å². The Balaban J connectivity index is -0.000000111. The topological polar surface area (TPSA) is 358 Å². The summed E-state index contributed by atoms with van der Waals surface area (Å²) in [6.07, 6.45) is 3.35. The maximum absolute atomic E-state index is 11.7. The quantitative estimate of drug-likeness (QED) is 0.00408. The van der Waals surface area contributed by atoms with Crippen LogP contribution in [0.2, 0.25) is 0 Å². The van der Waals surface area contributed by atoms with E-state index in [0.29, 0.717) is 66.2 Å². The third-order valence-electron chi connectivity index (χ3n) is 13.9. The molecule has 54 heteroatoms. The first kappa shape index (κ1) is 162. The van der Waals surface area contributed by atoms with Crippen molar-refractivity contribution in [1.29, 1.82) is 0 Å². The van der Waals surface area contributed by atoms with Crippen LogP contribution in [0, 0.1) is 6.57 Å². The molecule has 7 aromatic carbocycles. The number of ketones is 1. The van der Waals surface area contributed by atoms with Crippen molar-refractivity contribution in [3.8, 4) is 57.3 Å². The van der Waals surface area contributed by atoms with Crippen molar-refractivity contribution in [2.24, 2.45) is 5.90 Å². The van der Waals surface area contributed by atoms with Crippen LogP contribution >= 0.6 is 320 Å².